The molecule has 3 heteroatoms. The van der Waals surface area contributed by atoms with Crippen molar-refractivity contribution < 1.29 is 9.53 Å². The van der Waals surface area contributed by atoms with Gasteiger partial charge in [0.15, 0.2) is 0 Å². The molecule has 1 N–H and O–H groups in total. The van der Waals surface area contributed by atoms with Crippen molar-refractivity contribution in [2.45, 2.75) is 69.0 Å². The topological polar surface area (TPSA) is 38.3 Å². The van der Waals surface area contributed by atoms with Gasteiger partial charge in [0.05, 0.1) is 12.1 Å². The molecule has 0 unspecified atom stereocenters. The maximum absolute atomic E-state index is 12.1. The Hall–Kier alpha value is -2.39. The second-order valence-electron chi connectivity index (χ2n) is 11.1. The predicted molar refractivity (Wildman–Crippen MR) is 126 cm³/mol. The Morgan fingerprint density at radius 1 is 1.03 bits per heavy atom. The molecule has 7 rings (SSSR count). The van der Waals surface area contributed by atoms with Crippen molar-refractivity contribution in [3.63, 3.8) is 0 Å². The monoisotopic (exact) mass is 425 g/mol. The smallest absolute Gasteiger partial charge is 0.220 e. The number of allylic oxidation sites excluding steroid dienone is 1. The Morgan fingerprint density at radius 2 is 1.91 bits per heavy atom. The van der Waals surface area contributed by atoms with Crippen LogP contribution in [0.5, 0.6) is 0 Å². The van der Waals surface area contributed by atoms with E-state index >= 15 is 0 Å². The minimum Gasteiger partial charge on any atom is -0.357 e. The van der Waals surface area contributed by atoms with Crippen LogP contribution in [0, 0.1) is 11.3 Å². The Kier molecular flexibility index (Phi) is 3.79. The number of hydrogen-bond acceptors (Lipinski definition) is 2. The first kappa shape index (κ1) is 19.1. The molecule has 5 atom stereocenters. The van der Waals surface area contributed by atoms with E-state index in [-0.39, 0.29) is 22.5 Å². The lowest BCUT2D eigenvalue weighted by molar-refractivity contribution is -0.130. The van der Waals surface area contributed by atoms with Gasteiger partial charge >= 0.3 is 0 Å². The molecule has 2 aromatic carbocycles. The average Bonchev–Trinajstić information content (AvgIpc) is 3.28. The molecular weight excluding hydrogens is 394 g/mol. The molecule has 3 nitrogen and oxygen atoms in total. The van der Waals surface area contributed by atoms with E-state index in [1.165, 1.54) is 40.3 Å². The summed E-state index contributed by atoms with van der Waals surface area (Å²) in [4.78, 5) is 12.1. The van der Waals surface area contributed by atoms with Crippen LogP contribution < -0.4 is 5.32 Å². The molecule has 2 saturated heterocycles. The van der Waals surface area contributed by atoms with Gasteiger partial charge < -0.3 is 10.1 Å². The van der Waals surface area contributed by atoms with Crippen LogP contribution in [0.3, 0.4) is 0 Å². The highest BCUT2D eigenvalue weighted by molar-refractivity contribution is 5.83. The fourth-order valence-electron chi connectivity index (χ4n) is 8.09. The highest BCUT2D eigenvalue weighted by Crippen LogP contribution is 2.68. The normalized spacial score (nSPS) is 40.0. The van der Waals surface area contributed by atoms with Crippen molar-refractivity contribution in [2.75, 3.05) is 6.54 Å². The molecule has 1 amide bonds. The second kappa shape index (κ2) is 6.35. The lowest BCUT2D eigenvalue weighted by Gasteiger charge is -2.53. The van der Waals surface area contributed by atoms with Crippen LogP contribution in [0.4, 0.5) is 0 Å². The van der Waals surface area contributed by atoms with Crippen LogP contribution in [0.1, 0.15) is 63.4 Å². The van der Waals surface area contributed by atoms with Gasteiger partial charge in [0.1, 0.15) is 5.60 Å². The number of hydrogen-bond donors (Lipinski definition) is 1. The molecule has 1 saturated carbocycles. The first-order chi connectivity index (χ1) is 15.5. The number of benzene rings is 2. The molecule has 2 spiro atoms. The van der Waals surface area contributed by atoms with Gasteiger partial charge in [0.25, 0.3) is 0 Å². The standard InChI is InChI=1S/C29H31NO2/c1-27-13-12-23-17-22-8-11-26(31)30-18-28(22)14-15-29(23,32-28)25(27)10-9-24(27)21-7-6-19-4-2-3-5-20(19)16-21/h2-7,12,16-17,24-25H,8-11,13-15,18H2,1H3,(H,30,31)/t24-,25-,27-,28-,29-/m1/s1. The van der Waals surface area contributed by atoms with E-state index in [1.54, 1.807) is 0 Å². The number of ether oxygens (including phenoxy) is 1. The largest absolute Gasteiger partial charge is 0.357 e. The zero-order chi connectivity index (χ0) is 21.6. The molecule has 3 fully saturated rings. The van der Waals surface area contributed by atoms with Crippen molar-refractivity contribution in [1.82, 2.24) is 5.32 Å². The van der Waals surface area contributed by atoms with Gasteiger partial charge in [-0.3, -0.25) is 4.79 Å². The summed E-state index contributed by atoms with van der Waals surface area (Å²) in [6.07, 6.45) is 12.0. The Bertz CT molecular complexity index is 1210. The molecule has 2 aromatic rings. The predicted octanol–water partition coefficient (Wildman–Crippen LogP) is 5.81. The maximum Gasteiger partial charge on any atom is 0.220 e. The Balaban J connectivity index is 1.30. The van der Waals surface area contributed by atoms with Gasteiger partial charge in [-0.2, -0.15) is 0 Å². The first-order valence-electron chi connectivity index (χ1n) is 12.4. The van der Waals surface area contributed by atoms with Crippen molar-refractivity contribution in [2.24, 2.45) is 11.3 Å². The summed E-state index contributed by atoms with van der Waals surface area (Å²) in [5.74, 6) is 1.25. The summed E-state index contributed by atoms with van der Waals surface area (Å²) in [6, 6.07) is 15.8. The fraction of sp³-hybridized carbons (Fsp3) is 0.483. The van der Waals surface area contributed by atoms with Crippen LogP contribution >= 0.6 is 0 Å². The first-order valence-corrected chi connectivity index (χ1v) is 12.4. The quantitative estimate of drug-likeness (QED) is 0.626. The summed E-state index contributed by atoms with van der Waals surface area (Å²) in [5.41, 5.74) is 4.01. The van der Waals surface area contributed by atoms with Gasteiger partial charge in [0.2, 0.25) is 5.91 Å². The highest BCUT2D eigenvalue weighted by Gasteiger charge is 2.66. The minimum absolute atomic E-state index is 0.165. The molecule has 0 aromatic heterocycles. The van der Waals surface area contributed by atoms with Gasteiger partial charge in [-0.05, 0) is 83.3 Å². The van der Waals surface area contributed by atoms with E-state index in [9.17, 15) is 4.79 Å². The minimum atomic E-state index is -0.275. The van der Waals surface area contributed by atoms with Crippen LogP contribution in [-0.2, 0) is 9.53 Å². The number of carbonyl (C=O) groups excluding carboxylic acids is 1. The number of fused-ring (bicyclic) bond motifs is 2. The summed E-state index contributed by atoms with van der Waals surface area (Å²) < 4.78 is 7.19. The van der Waals surface area contributed by atoms with Gasteiger partial charge in [-0.15, -0.1) is 0 Å². The van der Waals surface area contributed by atoms with Crippen molar-refractivity contribution in [1.29, 1.82) is 0 Å². The molecule has 2 bridgehead atoms. The van der Waals surface area contributed by atoms with E-state index in [1.807, 2.05) is 0 Å². The Morgan fingerprint density at radius 3 is 2.81 bits per heavy atom. The molecule has 164 valence electrons. The number of amides is 1. The van der Waals surface area contributed by atoms with Crippen molar-refractivity contribution in [3.05, 3.63) is 71.3 Å². The van der Waals surface area contributed by atoms with Gasteiger partial charge in [-0.1, -0.05) is 61.5 Å². The summed E-state index contributed by atoms with van der Waals surface area (Å²) in [7, 11) is 0. The lowest BCUT2D eigenvalue weighted by atomic mass is 9.58. The SMILES string of the molecule is C[C@]12CC=C3C=C4CCC(=O)NC[C@]45CC[C@]3(O5)[C@@H]1CC[C@@H]2c1ccc2ccccc2c1. The van der Waals surface area contributed by atoms with Crippen molar-refractivity contribution in [3.8, 4) is 0 Å². The molecular formula is C29H31NO2. The molecule has 0 radical (unpaired) electrons. The van der Waals surface area contributed by atoms with Crippen LogP contribution in [0.25, 0.3) is 10.8 Å². The van der Waals surface area contributed by atoms with E-state index in [0.717, 1.165) is 25.7 Å². The maximum atomic E-state index is 12.1. The average molecular weight is 426 g/mol. The molecule has 5 aliphatic rings. The van der Waals surface area contributed by atoms with Gasteiger partial charge in [-0.25, -0.2) is 0 Å². The number of rotatable bonds is 1. The van der Waals surface area contributed by atoms with Crippen LogP contribution in [-0.4, -0.2) is 23.7 Å². The third kappa shape index (κ3) is 2.38. The summed E-state index contributed by atoms with van der Waals surface area (Å²) >= 11 is 0. The molecule has 3 heterocycles. The second-order valence-corrected chi connectivity index (χ2v) is 11.1. The van der Waals surface area contributed by atoms with Crippen LogP contribution in [0.15, 0.2) is 65.8 Å². The summed E-state index contributed by atoms with van der Waals surface area (Å²) in [6.45, 7) is 3.17. The molecule has 3 aliphatic heterocycles. The van der Waals surface area contributed by atoms with E-state index in [4.69, 9.17) is 4.74 Å². The van der Waals surface area contributed by atoms with E-state index in [0.29, 0.717) is 24.8 Å². The van der Waals surface area contributed by atoms with Gasteiger partial charge in [0, 0.05) is 6.42 Å². The fourth-order valence-corrected chi connectivity index (χ4v) is 8.09. The van der Waals surface area contributed by atoms with E-state index in [2.05, 4.69) is 66.9 Å². The third-order valence-corrected chi connectivity index (χ3v) is 9.71. The number of carbonyl (C=O) groups is 1. The zero-order valence-electron chi connectivity index (χ0n) is 18.8. The summed E-state index contributed by atoms with van der Waals surface area (Å²) in [5, 5.41) is 5.82. The molecule has 2 aliphatic carbocycles. The highest BCUT2D eigenvalue weighted by atomic mass is 16.5. The van der Waals surface area contributed by atoms with E-state index < -0.39 is 0 Å². The number of nitrogens with one attached hydrogen (secondary N) is 1. The van der Waals surface area contributed by atoms with Crippen molar-refractivity contribution >= 4 is 16.7 Å². The third-order valence-electron chi connectivity index (χ3n) is 9.71. The Labute approximate surface area is 189 Å². The zero-order valence-corrected chi connectivity index (χ0v) is 18.8. The molecule has 32 heavy (non-hydrogen) atoms. The van der Waals surface area contributed by atoms with Crippen LogP contribution in [0.2, 0.25) is 0 Å². The lowest BCUT2D eigenvalue weighted by Crippen LogP contribution is -2.54.